The van der Waals surface area contributed by atoms with Gasteiger partial charge in [-0.15, -0.1) is 6.58 Å². The molecule has 1 heterocycles. The minimum absolute atomic E-state index is 0.178. The standard InChI is InChI=1S/C23H26ClFN2O3/c1-2-11-29-16-20(28)14-27(13-18-5-3-4-6-22(18)25)15-21-12-23(26-30-21)17-7-9-19(24)10-8-17/h2-10,20-21,28H,1,11-16H2/t20-,21+/m0/s1. The average Bonchev–Trinajstić information content (AvgIpc) is 3.19. The first-order valence-electron chi connectivity index (χ1n) is 9.86. The van der Waals surface area contributed by atoms with E-state index >= 15 is 0 Å². The molecule has 2 aromatic rings. The Morgan fingerprint density at radius 1 is 1.30 bits per heavy atom. The van der Waals surface area contributed by atoms with Gasteiger partial charge in [-0.2, -0.15) is 0 Å². The summed E-state index contributed by atoms with van der Waals surface area (Å²) < 4.78 is 19.5. The molecule has 1 aliphatic rings. The van der Waals surface area contributed by atoms with Crippen LogP contribution in [0.3, 0.4) is 0 Å². The minimum Gasteiger partial charge on any atom is -0.390 e. The summed E-state index contributed by atoms with van der Waals surface area (Å²) in [5, 5.41) is 15.2. The molecule has 2 atom stereocenters. The summed E-state index contributed by atoms with van der Waals surface area (Å²) >= 11 is 5.95. The fourth-order valence-electron chi connectivity index (χ4n) is 3.34. The van der Waals surface area contributed by atoms with Gasteiger partial charge in [0.25, 0.3) is 0 Å². The zero-order chi connectivity index (χ0) is 21.3. The second-order valence-electron chi connectivity index (χ2n) is 7.24. The maximum absolute atomic E-state index is 14.2. The fourth-order valence-corrected chi connectivity index (χ4v) is 3.46. The van der Waals surface area contributed by atoms with E-state index in [-0.39, 0.29) is 18.5 Å². The maximum atomic E-state index is 14.2. The summed E-state index contributed by atoms with van der Waals surface area (Å²) in [6, 6.07) is 14.1. The van der Waals surface area contributed by atoms with Crippen LogP contribution < -0.4 is 0 Å². The predicted octanol–water partition coefficient (Wildman–Crippen LogP) is 4.04. The molecule has 0 fully saturated rings. The van der Waals surface area contributed by atoms with Crippen molar-refractivity contribution in [1.82, 2.24) is 4.90 Å². The molecule has 3 rings (SSSR count). The molecule has 0 spiro atoms. The van der Waals surface area contributed by atoms with Crippen molar-refractivity contribution < 1.29 is 19.1 Å². The van der Waals surface area contributed by atoms with Crippen LogP contribution in [0.25, 0.3) is 0 Å². The second-order valence-corrected chi connectivity index (χ2v) is 7.68. The van der Waals surface area contributed by atoms with E-state index in [1.54, 1.807) is 24.3 Å². The zero-order valence-electron chi connectivity index (χ0n) is 16.7. The highest BCUT2D eigenvalue weighted by Gasteiger charge is 2.26. The Kier molecular flexibility index (Phi) is 8.39. The van der Waals surface area contributed by atoms with Crippen LogP contribution in [0.1, 0.15) is 17.5 Å². The second kappa shape index (κ2) is 11.2. The smallest absolute Gasteiger partial charge is 0.145 e. The number of halogens is 2. The van der Waals surface area contributed by atoms with E-state index in [2.05, 4.69) is 11.7 Å². The first-order valence-corrected chi connectivity index (χ1v) is 10.2. The van der Waals surface area contributed by atoms with Gasteiger partial charge < -0.3 is 14.7 Å². The molecule has 7 heteroatoms. The van der Waals surface area contributed by atoms with Crippen LogP contribution in [0.15, 0.2) is 66.3 Å². The maximum Gasteiger partial charge on any atom is 0.145 e. The highest BCUT2D eigenvalue weighted by atomic mass is 35.5. The molecule has 0 saturated heterocycles. The van der Waals surface area contributed by atoms with Crippen LogP contribution >= 0.6 is 11.6 Å². The van der Waals surface area contributed by atoms with E-state index < -0.39 is 6.10 Å². The summed E-state index contributed by atoms with van der Waals surface area (Å²) in [7, 11) is 0. The number of hydrogen-bond acceptors (Lipinski definition) is 5. The lowest BCUT2D eigenvalue weighted by molar-refractivity contribution is 0.00310. The molecule has 0 amide bonds. The molecule has 1 aliphatic heterocycles. The highest BCUT2D eigenvalue weighted by molar-refractivity contribution is 6.30. The Balaban J connectivity index is 1.62. The molecule has 1 N–H and O–H groups in total. The van der Waals surface area contributed by atoms with Crippen molar-refractivity contribution in [2.45, 2.75) is 25.2 Å². The zero-order valence-corrected chi connectivity index (χ0v) is 17.5. The van der Waals surface area contributed by atoms with Crippen molar-refractivity contribution in [3.63, 3.8) is 0 Å². The van der Waals surface area contributed by atoms with E-state index in [1.165, 1.54) is 6.07 Å². The van der Waals surface area contributed by atoms with Crippen LogP contribution in [-0.4, -0.2) is 54.2 Å². The molecule has 0 aliphatic carbocycles. The van der Waals surface area contributed by atoms with E-state index in [4.69, 9.17) is 21.2 Å². The molecule has 0 aromatic heterocycles. The third-order valence-corrected chi connectivity index (χ3v) is 4.99. The van der Waals surface area contributed by atoms with Crippen molar-refractivity contribution >= 4 is 17.3 Å². The van der Waals surface area contributed by atoms with Gasteiger partial charge in [-0.1, -0.05) is 53.2 Å². The van der Waals surface area contributed by atoms with Crippen LogP contribution in [0.2, 0.25) is 5.02 Å². The van der Waals surface area contributed by atoms with Crippen LogP contribution in [0.4, 0.5) is 4.39 Å². The molecule has 0 radical (unpaired) electrons. The molecule has 2 aromatic carbocycles. The first kappa shape index (κ1) is 22.4. The van der Waals surface area contributed by atoms with Gasteiger partial charge in [-0.25, -0.2) is 4.39 Å². The lowest BCUT2D eigenvalue weighted by atomic mass is 10.0. The highest BCUT2D eigenvalue weighted by Crippen LogP contribution is 2.20. The summed E-state index contributed by atoms with van der Waals surface area (Å²) in [6.07, 6.45) is 1.35. The Morgan fingerprint density at radius 3 is 2.80 bits per heavy atom. The van der Waals surface area contributed by atoms with Crippen molar-refractivity contribution in [2.75, 3.05) is 26.3 Å². The van der Waals surface area contributed by atoms with Crippen molar-refractivity contribution in [1.29, 1.82) is 0 Å². The number of oxime groups is 1. The van der Waals surface area contributed by atoms with Crippen molar-refractivity contribution in [2.24, 2.45) is 5.16 Å². The number of aliphatic hydroxyl groups is 1. The molecule has 5 nitrogen and oxygen atoms in total. The third-order valence-electron chi connectivity index (χ3n) is 4.74. The molecule has 0 unspecified atom stereocenters. The van der Waals surface area contributed by atoms with Crippen LogP contribution in [0, 0.1) is 5.82 Å². The predicted molar refractivity (Wildman–Crippen MR) is 116 cm³/mol. The van der Waals surface area contributed by atoms with Crippen molar-refractivity contribution in [3.05, 3.63) is 83.2 Å². The number of aliphatic hydroxyl groups excluding tert-OH is 1. The molecule has 0 bridgehead atoms. The van der Waals surface area contributed by atoms with Gasteiger partial charge in [-0.3, -0.25) is 4.90 Å². The van der Waals surface area contributed by atoms with Gasteiger partial charge in [0.2, 0.25) is 0 Å². The summed E-state index contributed by atoms with van der Waals surface area (Å²) in [5.74, 6) is -0.273. The van der Waals surface area contributed by atoms with E-state index in [0.29, 0.717) is 43.2 Å². The van der Waals surface area contributed by atoms with Gasteiger partial charge in [0.1, 0.15) is 11.9 Å². The number of nitrogens with zero attached hydrogens (tertiary/aromatic N) is 2. The topological polar surface area (TPSA) is 54.3 Å². The van der Waals surface area contributed by atoms with Crippen LogP contribution in [-0.2, 0) is 16.1 Å². The molecular formula is C23H26ClFN2O3. The Hall–Kier alpha value is -2.25. The lowest BCUT2D eigenvalue weighted by Crippen LogP contribution is -2.39. The fraction of sp³-hybridized carbons (Fsp3) is 0.348. The number of benzene rings is 2. The van der Waals surface area contributed by atoms with Gasteiger partial charge in [0.15, 0.2) is 0 Å². The Morgan fingerprint density at radius 2 is 2.07 bits per heavy atom. The molecule has 30 heavy (non-hydrogen) atoms. The minimum atomic E-state index is -0.713. The molecular weight excluding hydrogens is 407 g/mol. The number of rotatable bonds is 11. The monoisotopic (exact) mass is 432 g/mol. The summed E-state index contributed by atoms with van der Waals surface area (Å²) in [4.78, 5) is 7.59. The van der Waals surface area contributed by atoms with E-state index in [0.717, 1.165) is 11.3 Å². The molecule has 0 saturated carbocycles. The number of ether oxygens (including phenoxy) is 1. The van der Waals surface area contributed by atoms with Gasteiger partial charge in [0.05, 0.1) is 25.0 Å². The van der Waals surface area contributed by atoms with E-state index in [9.17, 15) is 9.50 Å². The van der Waals surface area contributed by atoms with Crippen LogP contribution in [0.5, 0.6) is 0 Å². The van der Waals surface area contributed by atoms with Gasteiger partial charge >= 0.3 is 0 Å². The first-order chi connectivity index (χ1) is 14.5. The number of hydrogen-bond donors (Lipinski definition) is 1. The van der Waals surface area contributed by atoms with Gasteiger partial charge in [-0.05, 0) is 23.8 Å². The quantitative estimate of drug-likeness (QED) is 0.430. The summed E-state index contributed by atoms with van der Waals surface area (Å²) in [6.45, 7) is 5.30. The average molecular weight is 433 g/mol. The SMILES string of the molecule is C=CCOC[C@@H](O)CN(Cc1ccccc1F)C[C@H]1CC(c2ccc(Cl)cc2)=NO1. The Bertz CT molecular complexity index is 860. The summed E-state index contributed by atoms with van der Waals surface area (Å²) in [5.41, 5.74) is 2.37. The van der Waals surface area contributed by atoms with E-state index in [1.807, 2.05) is 29.2 Å². The largest absolute Gasteiger partial charge is 0.390 e. The Labute approximate surface area is 181 Å². The van der Waals surface area contributed by atoms with Gasteiger partial charge in [0, 0.05) is 36.6 Å². The third kappa shape index (κ3) is 6.64. The normalized spacial score (nSPS) is 16.9. The lowest BCUT2D eigenvalue weighted by Gasteiger charge is -2.27. The molecule has 160 valence electrons. The van der Waals surface area contributed by atoms with Crippen molar-refractivity contribution in [3.8, 4) is 0 Å².